The number of carbonyl (C=O) groups is 1. The smallest absolute Gasteiger partial charge is 0.243 e. The summed E-state index contributed by atoms with van der Waals surface area (Å²) in [6, 6.07) is 7.28. The van der Waals surface area contributed by atoms with Gasteiger partial charge in [0.2, 0.25) is 15.9 Å². The van der Waals surface area contributed by atoms with Gasteiger partial charge in [0, 0.05) is 68.2 Å². The Kier molecular flexibility index (Phi) is 11.4. The lowest BCUT2D eigenvalue weighted by Gasteiger charge is -2.42. The predicted molar refractivity (Wildman–Crippen MR) is 174 cm³/mol. The first kappa shape index (κ1) is 33.3. The minimum Gasteiger partial charge on any atom is -0.370 e. The van der Waals surface area contributed by atoms with E-state index in [0.717, 1.165) is 56.2 Å². The number of rotatable bonds is 11. The van der Waals surface area contributed by atoms with E-state index in [1.807, 2.05) is 24.1 Å². The number of amides is 1. The van der Waals surface area contributed by atoms with Gasteiger partial charge in [0.25, 0.3) is 0 Å². The SMILES string of the molecule is Cc1cc(S(=O)(=O)N2CCCCC2CCC(=O)N2CCC(OCCCN3CCCCC3)(c3cccnc3)CC2)c(C)cc1Cl. The Morgan fingerprint density at radius 3 is 2.50 bits per heavy atom. The van der Waals surface area contributed by atoms with Crippen LogP contribution in [0.25, 0.3) is 0 Å². The molecule has 1 unspecified atom stereocenters. The average molecular weight is 645 g/mol. The first-order valence-electron chi connectivity index (χ1n) is 16.5. The fourth-order valence-corrected chi connectivity index (χ4v) is 9.43. The summed E-state index contributed by atoms with van der Waals surface area (Å²) in [6.07, 6.45) is 13.5. The van der Waals surface area contributed by atoms with E-state index in [4.69, 9.17) is 16.3 Å². The van der Waals surface area contributed by atoms with Crippen LogP contribution in [0, 0.1) is 13.8 Å². The highest BCUT2D eigenvalue weighted by atomic mass is 35.5. The first-order chi connectivity index (χ1) is 21.2. The van der Waals surface area contributed by atoms with Crippen LogP contribution in [0.4, 0.5) is 0 Å². The number of sulfonamides is 1. The van der Waals surface area contributed by atoms with Crippen molar-refractivity contribution in [3.63, 3.8) is 0 Å². The lowest BCUT2D eigenvalue weighted by Crippen LogP contribution is -2.48. The number of piperidine rings is 3. The first-order valence-corrected chi connectivity index (χ1v) is 18.3. The molecule has 10 heteroatoms. The van der Waals surface area contributed by atoms with E-state index in [0.29, 0.717) is 54.6 Å². The molecule has 0 N–H and O–H groups in total. The summed E-state index contributed by atoms with van der Waals surface area (Å²) in [4.78, 5) is 22.7. The number of nitrogens with zero attached hydrogens (tertiary/aromatic N) is 4. The van der Waals surface area contributed by atoms with Crippen molar-refractivity contribution >= 4 is 27.5 Å². The number of aromatic nitrogens is 1. The number of ether oxygens (including phenoxy) is 1. The lowest BCUT2D eigenvalue weighted by molar-refractivity contribution is -0.140. The molecule has 1 amide bonds. The predicted octanol–water partition coefficient (Wildman–Crippen LogP) is 6.09. The number of pyridine rings is 1. The van der Waals surface area contributed by atoms with Gasteiger partial charge < -0.3 is 14.5 Å². The third kappa shape index (κ3) is 7.84. The fraction of sp³-hybridized carbons (Fsp3) is 0.647. The quantitative estimate of drug-likeness (QED) is 0.276. The fourth-order valence-electron chi connectivity index (χ4n) is 7.19. The zero-order valence-corrected chi connectivity index (χ0v) is 28.0. The van der Waals surface area contributed by atoms with Gasteiger partial charge in [0.1, 0.15) is 0 Å². The van der Waals surface area contributed by atoms with Crippen LogP contribution in [-0.2, 0) is 25.2 Å². The molecule has 0 saturated carbocycles. The molecule has 3 aliphatic rings. The van der Waals surface area contributed by atoms with Crippen LogP contribution in [0.1, 0.15) is 87.3 Å². The van der Waals surface area contributed by atoms with Crippen LogP contribution in [0.2, 0.25) is 5.02 Å². The van der Waals surface area contributed by atoms with E-state index in [1.54, 1.807) is 29.6 Å². The van der Waals surface area contributed by atoms with Crippen molar-refractivity contribution < 1.29 is 17.9 Å². The highest BCUT2D eigenvalue weighted by molar-refractivity contribution is 7.89. The molecule has 3 aliphatic heterocycles. The van der Waals surface area contributed by atoms with E-state index in [-0.39, 0.29) is 11.9 Å². The Balaban J connectivity index is 1.18. The molecule has 44 heavy (non-hydrogen) atoms. The molecule has 3 fully saturated rings. The molecule has 3 saturated heterocycles. The Labute approximate surface area is 269 Å². The lowest BCUT2D eigenvalue weighted by atomic mass is 9.84. The normalized spacial score (nSPS) is 21.8. The van der Waals surface area contributed by atoms with E-state index in [9.17, 15) is 13.2 Å². The van der Waals surface area contributed by atoms with E-state index < -0.39 is 15.6 Å². The van der Waals surface area contributed by atoms with Gasteiger partial charge in [0.15, 0.2) is 0 Å². The van der Waals surface area contributed by atoms with Crippen molar-refractivity contribution in [2.45, 2.75) is 101 Å². The molecule has 0 radical (unpaired) electrons. The van der Waals surface area contributed by atoms with Gasteiger partial charge >= 0.3 is 0 Å². The maximum atomic E-state index is 13.8. The maximum absolute atomic E-state index is 13.8. The van der Waals surface area contributed by atoms with Gasteiger partial charge in [-0.3, -0.25) is 9.78 Å². The van der Waals surface area contributed by atoms with Crippen molar-refractivity contribution in [3.05, 3.63) is 58.4 Å². The summed E-state index contributed by atoms with van der Waals surface area (Å²) in [5, 5.41) is 0.569. The molecule has 8 nitrogen and oxygen atoms in total. The summed E-state index contributed by atoms with van der Waals surface area (Å²) in [5.74, 6) is 0.0938. The number of halogens is 1. The van der Waals surface area contributed by atoms with Crippen LogP contribution in [0.15, 0.2) is 41.6 Å². The Hall–Kier alpha value is -2.04. The van der Waals surface area contributed by atoms with Crippen LogP contribution >= 0.6 is 11.6 Å². The largest absolute Gasteiger partial charge is 0.370 e. The van der Waals surface area contributed by atoms with Crippen LogP contribution in [-0.4, -0.2) is 85.3 Å². The third-order valence-corrected chi connectivity index (χ3v) is 12.4. The van der Waals surface area contributed by atoms with Gasteiger partial charge in [-0.05, 0) is 108 Å². The van der Waals surface area contributed by atoms with Crippen molar-refractivity contribution in [1.29, 1.82) is 0 Å². The van der Waals surface area contributed by atoms with Gasteiger partial charge in [-0.2, -0.15) is 4.31 Å². The summed E-state index contributed by atoms with van der Waals surface area (Å²) in [6.45, 7) is 9.49. The molecular formula is C34H49ClN4O4S. The van der Waals surface area contributed by atoms with E-state index in [1.165, 1.54) is 32.4 Å². The van der Waals surface area contributed by atoms with E-state index >= 15 is 0 Å². The van der Waals surface area contributed by atoms with Crippen LogP contribution < -0.4 is 0 Å². The molecule has 1 aromatic carbocycles. The van der Waals surface area contributed by atoms with Gasteiger partial charge in [-0.1, -0.05) is 30.5 Å². The molecule has 4 heterocycles. The molecule has 0 aliphatic carbocycles. The van der Waals surface area contributed by atoms with Crippen molar-refractivity contribution in [2.75, 3.05) is 45.9 Å². The molecule has 242 valence electrons. The topological polar surface area (TPSA) is 83.0 Å². The highest BCUT2D eigenvalue weighted by Gasteiger charge is 2.39. The van der Waals surface area contributed by atoms with Crippen molar-refractivity contribution in [1.82, 2.24) is 19.1 Å². The molecule has 5 rings (SSSR count). The van der Waals surface area contributed by atoms with E-state index in [2.05, 4.69) is 16.0 Å². The molecule has 2 aromatic rings. The zero-order chi connectivity index (χ0) is 31.2. The van der Waals surface area contributed by atoms with Gasteiger partial charge in [0.05, 0.1) is 10.5 Å². The van der Waals surface area contributed by atoms with Crippen LogP contribution in [0.3, 0.4) is 0 Å². The van der Waals surface area contributed by atoms with Gasteiger partial charge in [-0.15, -0.1) is 0 Å². The number of carbonyl (C=O) groups excluding carboxylic acids is 1. The second-order valence-electron chi connectivity index (χ2n) is 12.9. The molecular weight excluding hydrogens is 596 g/mol. The summed E-state index contributed by atoms with van der Waals surface area (Å²) in [7, 11) is -3.69. The standard InChI is InChI=1S/C34H49ClN4O4S/c1-27-25-32(28(2)24-31(27)35)44(41,42)39-20-7-4-11-30(39)12-13-33(40)38-21-14-34(15-22-38,29-10-8-16-36-26-29)43-23-9-19-37-17-5-3-6-18-37/h8,10,16,24-26,30H,3-7,9,11-15,17-23H2,1-2H3. The number of hydrogen-bond acceptors (Lipinski definition) is 6. The molecule has 1 atom stereocenters. The van der Waals surface area contributed by atoms with Crippen molar-refractivity contribution in [2.24, 2.45) is 0 Å². The molecule has 0 spiro atoms. The van der Waals surface area contributed by atoms with Crippen LogP contribution in [0.5, 0.6) is 0 Å². The minimum atomic E-state index is -3.69. The number of benzene rings is 1. The summed E-state index contributed by atoms with van der Waals surface area (Å²) >= 11 is 6.26. The van der Waals surface area contributed by atoms with Crippen molar-refractivity contribution in [3.8, 4) is 0 Å². The highest BCUT2D eigenvalue weighted by Crippen LogP contribution is 2.37. The molecule has 1 aromatic heterocycles. The Bertz CT molecular complexity index is 1360. The van der Waals surface area contributed by atoms with Gasteiger partial charge in [-0.25, -0.2) is 8.42 Å². The Morgan fingerprint density at radius 2 is 1.77 bits per heavy atom. The number of likely N-dealkylation sites (tertiary alicyclic amines) is 2. The Morgan fingerprint density at radius 1 is 1.02 bits per heavy atom. The zero-order valence-electron chi connectivity index (χ0n) is 26.5. The third-order valence-electron chi connectivity index (χ3n) is 9.86. The maximum Gasteiger partial charge on any atom is 0.243 e. The molecule has 0 bridgehead atoms. The number of aryl methyl sites for hydroxylation is 2. The second-order valence-corrected chi connectivity index (χ2v) is 15.2. The second kappa shape index (κ2) is 15.0. The monoisotopic (exact) mass is 644 g/mol. The number of hydrogen-bond donors (Lipinski definition) is 0. The minimum absolute atomic E-state index is 0.0938. The average Bonchev–Trinajstić information content (AvgIpc) is 3.05. The summed E-state index contributed by atoms with van der Waals surface area (Å²) in [5.41, 5.74) is 2.05. The summed E-state index contributed by atoms with van der Waals surface area (Å²) < 4.78 is 35.9.